The number of carbonyl (C=O) groups is 1. The van der Waals surface area contributed by atoms with Crippen LogP contribution in [-0.4, -0.2) is 55.5 Å². The number of aromatic nitrogens is 4. The first-order valence-electron chi connectivity index (χ1n) is 9.99. The van der Waals surface area contributed by atoms with Crippen LogP contribution in [0, 0.1) is 24.3 Å². The Kier molecular flexibility index (Phi) is 6.53. The van der Waals surface area contributed by atoms with E-state index >= 15 is 0 Å². The van der Waals surface area contributed by atoms with Crippen LogP contribution in [0.1, 0.15) is 45.6 Å². The van der Waals surface area contributed by atoms with E-state index in [1.807, 2.05) is 13.8 Å². The second-order valence-electron chi connectivity index (χ2n) is 7.40. The van der Waals surface area contributed by atoms with Gasteiger partial charge in [0.1, 0.15) is 11.6 Å². The fourth-order valence-electron chi connectivity index (χ4n) is 3.87. The molecule has 0 unspecified atom stereocenters. The van der Waals surface area contributed by atoms with Gasteiger partial charge < -0.3 is 24.9 Å². The highest BCUT2D eigenvalue weighted by atomic mass is 19.1. The Balaban J connectivity index is 2.00. The van der Waals surface area contributed by atoms with Gasteiger partial charge in [0.2, 0.25) is 0 Å². The van der Waals surface area contributed by atoms with Crippen molar-refractivity contribution in [2.45, 2.75) is 57.3 Å². The van der Waals surface area contributed by atoms with E-state index in [1.165, 1.54) is 10.9 Å². The number of hydrogen-bond acceptors (Lipinski definition) is 8. The Hall–Kier alpha value is -2.77. The van der Waals surface area contributed by atoms with Crippen molar-refractivity contribution in [1.82, 2.24) is 19.5 Å². The number of anilines is 1. The summed E-state index contributed by atoms with van der Waals surface area (Å²) in [6.45, 7) is 3.44. The van der Waals surface area contributed by atoms with Gasteiger partial charge in [-0.05, 0) is 12.8 Å². The maximum atomic E-state index is 13.8. The lowest BCUT2D eigenvalue weighted by Gasteiger charge is -2.31. The first-order valence-corrected chi connectivity index (χ1v) is 9.99. The SMILES string of the molecule is C#C[C@]1(CO)OC[C@@H](n2cnc3c(N)nc(F)nc32)[C@@H]1OC(=O)C(CCC)CCC. The lowest BCUT2D eigenvalue weighted by Crippen LogP contribution is -2.47. The zero-order valence-electron chi connectivity index (χ0n) is 17.0. The largest absolute Gasteiger partial charge is 0.456 e. The highest BCUT2D eigenvalue weighted by Crippen LogP contribution is 2.38. The van der Waals surface area contributed by atoms with E-state index in [4.69, 9.17) is 21.6 Å². The van der Waals surface area contributed by atoms with Crippen LogP contribution in [0.15, 0.2) is 6.33 Å². The molecule has 3 rings (SSSR count). The van der Waals surface area contributed by atoms with Crippen LogP contribution in [0.2, 0.25) is 0 Å². The molecule has 1 aliphatic rings. The van der Waals surface area contributed by atoms with E-state index in [0.717, 1.165) is 12.8 Å². The van der Waals surface area contributed by atoms with Crippen LogP contribution >= 0.6 is 0 Å². The standard InChI is InChI=1S/C20H26FN5O4/c1-4-7-12(8-5-2)18(28)30-15-13(9-29-20(15,6-3)10-27)26-11-23-14-16(22)24-19(21)25-17(14)26/h3,11-13,15,27H,4-5,7-10H2,1-2H3,(H2,22,24,25)/t13-,15+,20-/m1/s1. The van der Waals surface area contributed by atoms with Gasteiger partial charge in [0.25, 0.3) is 0 Å². The number of halogens is 1. The van der Waals surface area contributed by atoms with E-state index in [-0.39, 0.29) is 29.5 Å². The van der Waals surface area contributed by atoms with Crippen molar-refractivity contribution >= 4 is 23.0 Å². The average molecular weight is 419 g/mol. The first kappa shape index (κ1) is 21.9. The number of rotatable bonds is 8. The molecule has 1 fully saturated rings. The van der Waals surface area contributed by atoms with Gasteiger partial charge in [-0.2, -0.15) is 14.4 Å². The van der Waals surface area contributed by atoms with Crippen LogP contribution in [0.3, 0.4) is 0 Å². The van der Waals surface area contributed by atoms with Gasteiger partial charge in [0.15, 0.2) is 23.2 Å². The summed E-state index contributed by atoms with van der Waals surface area (Å²) >= 11 is 0. The smallest absolute Gasteiger partial charge is 0.312 e. The molecule has 3 N–H and O–H groups in total. The van der Waals surface area contributed by atoms with Crippen LogP contribution in [-0.2, 0) is 14.3 Å². The molecule has 0 saturated carbocycles. The van der Waals surface area contributed by atoms with E-state index in [2.05, 4.69) is 20.9 Å². The molecule has 0 radical (unpaired) electrons. The van der Waals surface area contributed by atoms with E-state index < -0.39 is 36.4 Å². The molecule has 0 aliphatic carbocycles. The predicted molar refractivity (Wildman–Crippen MR) is 107 cm³/mol. The third-order valence-corrected chi connectivity index (χ3v) is 5.43. The predicted octanol–water partition coefficient (Wildman–Crippen LogP) is 1.61. The number of terminal acetylenes is 1. The molecule has 2 aromatic heterocycles. The number of nitrogens with zero attached hydrogens (tertiary/aromatic N) is 4. The number of ether oxygens (including phenoxy) is 2. The molecule has 162 valence electrons. The molecule has 0 bridgehead atoms. The number of aliphatic hydroxyl groups is 1. The van der Waals surface area contributed by atoms with Crippen LogP contribution < -0.4 is 5.73 Å². The van der Waals surface area contributed by atoms with E-state index in [1.54, 1.807) is 0 Å². The van der Waals surface area contributed by atoms with Gasteiger partial charge in [-0.15, -0.1) is 6.42 Å². The van der Waals surface area contributed by atoms with Crippen LogP contribution in [0.4, 0.5) is 10.2 Å². The number of esters is 1. The van der Waals surface area contributed by atoms with Crippen molar-refractivity contribution in [1.29, 1.82) is 0 Å². The third kappa shape index (κ3) is 3.82. The second kappa shape index (κ2) is 8.93. The summed E-state index contributed by atoms with van der Waals surface area (Å²) in [4.78, 5) is 24.3. The van der Waals surface area contributed by atoms with Crippen molar-refractivity contribution in [2.75, 3.05) is 18.9 Å². The van der Waals surface area contributed by atoms with Gasteiger partial charge in [0.05, 0.1) is 25.5 Å². The van der Waals surface area contributed by atoms with Crippen LogP contribution in [0.5, 0.6) is 0 Å². The number of hydrogen-bond donors (Lipinski definition) is 2. The molecule has 0 amide bonds. The van der Waals surface area contributed by atoms with Gasteiger partial charge in [-0.25, -0.2) is 4.98 Å². The molecular weight excluding hydrogens is 393 g/mol. The first-order chi connectivity index (χ1) is 14.4. The molecule has 10 heteroatoms. The molecule has 2 aromatic rings. The fourth-order valence-corrected chi connectivity index (χ4v) is 3.87. The zero-order chi connectivity index (χ0) is 21.9. The van der Waals surface area contributed by atoms with Crippen molar-refractivity contribution in [3.63, 3.8) is 0 Å². The average Bonchev–Trinajstić information content (AvgIpc) is 3.29. The minimum Gasteiger partial charge on any atom is -0.456 e. The summed E-state index contributed by atoms with van der Waals surface area (Å²) in [5, 5.41) is 9.97. The number of imidazole rings is 1. The summed E-state index contributed by atoms with van der Waals surface area (Å²) in [7, 11) is 0. The minimum atomic E-state index is -1.53. The topological polar surface area (TPSA) is 125 Å². The van der Waals surface area contributed by atoms with Gasteiger partial charge >= 0.3 is 12.0 Å². The molecule has 0 spiro atoms. The molecule has 9 nitrogen and oxygen atoms in total. The Morgan fingerprint density at radius 1 is 1.50 bits per heavy atom. The van der Waals surface area contributed by atoms with Gasteiger partial charge in [-0.1, -0.05) is 32.6 Å². The number of carbonyl (C=O) groups excluding carboxylic acids is 1. The van der Waals surface area contributed by atoms with Crippen molar-refractivity contribution in [3.05, 3.63) is 12.4 Å². The Labute approximate surface area is 173 Å². The van der Waals surface area contributed by atoms with E-state index in [9.17, 15) is 14.3 Å². The number of nitrogens with two attached hydrogens (primary N) is 1. The molecule has 30 heavy (non-hydrogen) atoms. The summed E-state index contributed by atoms with van der Waals surface area (Å²) in [5.41, 5.74) is 4.54. The molecule has 1 saturated heterocycles. The third-order valence-electron chi connectivity index (χ3n) is 5.43. The number of fused-ring (bicyclic) bond motifs is 1. The van der Waals surface area contributed by atoms with Crippen molar-refractivity contribution < 1.29 is 23.8 Å². The van der Waals surface area contributed by atoms with Gasteiger partial charge in [-0.3, -0.25) is 4.79 Å². The Morgan fingerprint density at radius 3 is 2.80 bits per heavy atom. The second-order valence-corrected chi connectivity index (χ2v) is 7.40. The summed E-state index contributed by atoms with van der Waals surface area (Å²) in [5.74, 6) is 1.63. The molecule has 3 atom stereocenters. The summed E-state index contributed by atoms with van der Waals surface area (Å²) in [6.07, 6.45) is 8.03. The number of aliphatic hydroxyl groups excluding tert-OH is 1. The van der Waals surface area contributed by atoms with E-state index in [0.29, 0.717) is 12.8 Å². The summed E-state index contributed by atoms with van der Waals surface area (Å²) in [6, 6.07) is -0.681. The monoisotopic (exact) mass is 419 g/mol. The summed E-state index contributed by atoms with van der Waals surface area (Å²) < 4.78 is 26.8. The zero-order valence-corrected chi connectivity index (χ0v) is 17.0. The Morgan fingerprint density at radius 2 is 2.20 bits per heavy atom. The van der Waals surface area contributed by atoms with Crippen LogP contribution in [0.25, 0.3) is 11.2 Å². The maximum absolute atomic E-state index is 13.8. The molecule has 1 aliphatic heterocycles. The highest BCUT2D eigenvalue weighted by Gasteiger charge is 2.53. The lowest BCUT2D eigenvalue weighted by molar-refractivity contribution is -0.164. The highest BCUT2D eigenvalue weighted by molar-refractivity contribution is 5.81. The molecular formula is C20H26FN5O4. The fraction of sp³-hybridized carbons (Fsp3) is 0.600. The maximum Gasteiger partial charge on any atom is 0.312 e. The van der Waals surface area contributed by atoms with Crippen molar-refractivity contribution in [3.8, 4) is 12.3 Å². The molecule has 3 heterocycles. The van der Waals surface area contributed by atoms with Gasteiger partial charge in [0, 0.05) is 0 Å². The number of nitrogen functional groups attached to an aromatic ring is 1. The Bertz CT molecular complexity index is 953. The van der Waals surface area contributed by atoms with Crippen molar-refractivity contribution in [2.24, 2.45) is 5.92 Å². The molecule has 0 aromatic carbocycles. The quantitative estimate of drug-likeness (QED) is 0.376. The normalized spacial score (nSPS) is 23.7. The minimum absolute atomic E-state index is 0.00587. The lowest BCUT2D eigenvalue weighted by atomic mass is 9.94.